The highest BCUT2D eigenvalue weighted by molar-refractivity contribution is 7.11. The first-order chi connectivity index (χ1) is 9.69. The molecule has 0 bridgehead atoms. The van der Waals surface area contributed by atoms with Crippen molar-refractivity contribution in [3.8, 4) is 0 Å². The summed E-state index contributed by atoms with van der Waals surface area (Å²) in [5, 5.41) is 5.84. The summed E-state index contributed by atoms with van der Waals surface area (Å²) in [5.41, 5.74) is 0.948. The summed E-state index contributed by atoms with van der Waals surface area (Å²) in [4.78, 5) is 18.2. The van der Waals surface area contributed by atoms with E-state index < -0.39 is 0 Å². The number of hydrogen-bond donors (Lipinski definition) is 1. The van der Waals surface area contributed by atoms with Crippen LogP contribution < -0.4 is 5.32 Å². The lowest BCUT2D eigenvalue weighted by Crippen LogP contribution is -2.36. The summed E-state index contributed by atoms with van der Waals surface area (Å²) in [7, 11) is 2.11. The number of carbonyl (C=O) groups is 1. The number of aromatic nitrogens is 1. The van der Waals surface area contributed by atoms with Crippen LogP contribution in [0.4, 0.5) is 0 Å². The monoisotopic (exact) mass is 297 g/mol. The SMILES string of the molecule is CCOC(=O)c1nc(CN(C)CC2CCCNC2)cs1. The number of nitrogens with one attached hydrogen (secondary N) is 1. The lowest BCUT2D eigenvalue weighted by Gasteiger charge is -2.27. The molecule has 0 radical (unpaired) electrons. The highest BCUT2D eigenvalue weighted by Gasteiger charge is 2.17. The predicted octanol–water partition coefficient (Wildman–Crippen LogP) is 1.75. The van der Waals surface area contributed by atoms with Crippen molar-refractivity contribution in [2.45, 2.75) is 26.3 Å². The summed E-state index contributed by atoms with van der Waals surface area (Å²) in [6.07, 6.45) is 2.56. The maximum absolute atomic E-state index is 11.6. The molecular formula is C14H23N3O2S. The molecule has 112 valence electrons. The van der Waals surface area contributed by atoms with Gasteiger partial charge < -0.3 is 15.0 Å². The average molecular weight is 297 g/mol. The van der Waals surface area contributed by atoms with Gasteiger partial charge in [-0.3, -0.25) is 0 Å². The number of esters is 1. The van der Waals surface area contributed by atoms with Gasteiger partial charge in [-0.05, 0) is 45.8 Å². The molecule has 1 N–H and O–H groups in total. The molecule has 0 aliphatic carbocycles. The van der Waals surface area contributed by atoms with Crippen LogP contribution in [0.3, 0.4) is 0 Å². The molecule has 20 heavy (non-hydrogen) atoms. The molecule has 0 amide bonds. The highest BCUT2D eigenvalue weighted by Crippen LogP contribution is 2.15. The Labute approximate surface area is 124 Å². The zero-order valence-electron chi connectivity index (χ0n) is 12.2. The lowest BCUT2D eigenvalue weighted by molar-refractivity contribution is 0.0525. The number of nitrogens with zero attached hydrogens (tertiary/aromatic N) is 2. The Bertz CT molecular complexity index is 430. The van der Waals surface area contributed by atoms with Gasteiger partial charge in [0.2, 0.25) is 5.01 Å². The molecule has 1 aliphatic rings. The second kappa shape index (κ2) is 7.71. The average Bonchev–Trinajstić information content (AvgIpc) is 2.88. The predicted molar refractivity (Wildman–Crippen MR) is 80.0 cm³/mol. The summed E-state index contributed by atoms with van der Waals surface area (Å²) >= 11 is 1.36. The van der Waals surface area contributed by atoms with E-state index in [1.807, 2.05) is 5.38 Å². The second-order valence-corrected chi connectivity index (χ2v) is 6.13. The van der Waals surface area contributed by atoms with Crippen molar-refractivity contribution in [1.29, 1.82) is 0 Å². The lowest BCUT2D eigenvalue weighted by atomic mass is 9.99. The molecule has 6 heteroatoms. The van der Waals surface area contributed by atoms with Gasteiger partial charge in [0, 0.05) is 18.5 Å². The summed E-state index contributed by atoms with van der Waals surface area (Å²) in [6.45, 7) is 6.30. The molecule has 1 aromatic rings. The Hall–Kier alpha value is -0.980. The Morgan fingerprint density at radius 3 is 3.20 bits per heavy atom. The van der Waals surface area contributed by atoms with Gasteiger partial charge in [-0.25, -0.2) is 9.78 Å². The third-order valence-corrected chi connectivity index (χ3v) is 4.27. The van der Waals surface area contributed by atoms with Crippen molar-refractivity contribution >= 4 is 17.3 Å². The van der Waals surface area contributed by atoms with Crippen molar-refractivity contribution in [3.63, 3.8) is 0 Å². The zero-order chi connectivity index (χ0) is 14.4. The van der Waals surface area contributed by atoms with Crippen molar-refractivity contribution < 1.29 is 9.53 Å². The molecule has 1 fully saturated rings. The van der Waals surface area contributed by atoms with Crippen LogP contribution in [0.2, 0.25) is 0 Å². The van der Waals surface area contributed by atoms with Gasteiger partial charge in [0.15, 0.2) is 0 Å². The minimum absolute atomic E-state index is 0.317. The maximum Gasteiger partial charge on any atom is 0.367 e. The normalized spacial score (nSPS) is 19.2. The summed E-state index contributed by atoms with van der Waals surface area (Å²) in [5.74, 6) is 0.403. The molecule has 2 rings (SSSR count). The fraction of sp³-hybridized carbons (Fsp3) is 0.714. The molecule has 1 aromatic heterocycles. The summed E-state index contributed by atoms with van der Waals surface area (Å²) in [6, 6.07) is 0. The molecule has 1 atom stereocenters. The fourth-order valence-corrected chi connectivity index (χ4v) is 3.23. The maximum atomic E-state index is 11.6. The van der Waals surface area contributed by atoms with Crippen LogP contribution in [0, 0.1) is 5.92 Å². The third-order valence-electron chi connectivity index (χ3n) is 3.40. The van der Waals surface area contributed by atoms with Gasteiger partial charge in [0.05, 0.1) is 12.3 Å². The number of rotatable bonds is 6. The van der Waals surface area contributed by atoms with Gasteiger partial charge in [-0.1, -0.05) is 0 Å². The van der Waals surface area contributed by atoms with Gasteiger partial charge in [0.1, 0.15) is 0 Å². The van der Waals surface area contributed by atoms with Crippen molar-refractivity contribution in [2.24, 2.45) is 5.92 Å². The Balaban J connectivity index is 1.81. The summed E-state index contributed by atoms with van der Waals surface area (Å²) < 4.78 is 4.95. The Morgan fingerprint density at radius 1 is 1.65 bits per heavy atom. The Morgan fingerprint density at radius 2 is 2.50 bits per heavy atom. The molecular weight excluding hydrogens is 274 g/mol. The third kappa shape index (κ3) is 4.54. The number of piperidine rings is 1. The highest BCUT2D eigenvalue weighted by atomic mass is 32.1. The molecule has 0 spiro atoms. The van der Waals surface area contributed by atoms with Crippen molar-refractivity contribution in [3.05, 3.63) is 16.1 Å². The van der Waals surface area contributed by atoms with E-state index in [9.17, 15) is 4.79 Å². The molecule has 1 unspecified atom stereocenters. The van der Waals surface area contributed by atoms with Gasteiger partial charge in [-0.15, -0.1) is 11.3 Å². The first-order valence-electron chi connectivity index (χ1n) is 7.19. The van der Waals surface area contributed by atoms with Crippen LogP contribution in [-0.2, 0) is 11.3 Å². The van der Waals surface area contributed by atoms with Crippen LogP contribution in [0.15, 0.2) is 5.38 Å². The molecule has 1 aliphatic heterocycles. The largest absolute Gasteiger partial charge is 0.461 e. The van der Waals surface area contributed by atoms with Gasteiger partial charge in [-0.2, -0.15) is 0 Å². The van der Waals surface area contributed by atoms with Crippen LogP contribution in [0.5, 0.6) is 0 Å². The number of thiazole rings is 1. The zero-order valence-corrected chi connectivity index (χ0v) is 13.0. The van der Waals surface area contributed by atoms with Crippen molar-refractivity contribution in [2.75, 3.05) is 33.3 Å². The number of carbonyl (C=O) groups excluding carboxylic acids is 1. The smallest absolute Gasteiger partial charge is 0.367 e. The number of ether oxygens (including phenoxy) is 1. The van der Waals surface area contributed by atoms with E-state index in [2.05, 4.69) is 22.2 Å². The van der Waals surface area contributed by atoms with E-state index in [-0.39, 0.29) is 5.97 Å². The fourth-order valence-electron chi connectivity index (χ4n) is 2.53. The minimum atomic E-state index is -0.317. The van der Waals surface area contributed by atoms with Crippen LogP contribution >= 0.6 is 11.3 Å². The molecule has 0 aromatic carbocycles. The van der Waals surface area contributed by atoms with Crippen LogP contribution in [0.1, 0.15) is 35.3 Å². The molecule has 1 saturated heterocycles. The number of hydrogen-bond acceptors (Lipinski definition) is 6. The van der Waals surface area contributed by atoms with Crippen molar-refractivity contribution in [1.82, 2.24) is 15.2 Å². The molecule has 5 nitrogen and oxygen atoms in total. The van der Waals surface area contributed by atoms with E-state index in [1.54, 1.807) is 6.92 Å². The van der Waals surface area contributed by atoms with Gasteiger partial charge in [0.25, 0.3) is 0 Å². The van der Waals surface area contributed by atoms with Gasteiger partial charge >= 0.3 is 5.97 Å². The van der Waals surface area contributed by atoms with E-state index in [0.29, 0.717) is 11.6 Å². The van der Waals surface area contributed by atoms with E-state index in [1.165, 1.54) is 24.2 Å². The second-order valence-electron chi connectivity index (χ2n) is 5.27. The Kier molecular flexibility index (Phi) is 5.94. The van der Waals surface area contributed by atoms with E-state index >= 15 is 0 Å². The molecule has 0 saturated carbocycles. The minimum Gasteiger partial charge on any atom is -0.461 e. The van der Waals surface area contributed by atoms with E-state index in [4.69, 9.17) is 4.74 Å². The van der Waals surface area contributed by atoms with Crippen LogP contribution in [-0.4, -0.2) is 49.1 Å². The van der Waals surface area contributed by atoms with Crippen LogP contribution in [0.25, 0.3) is 0 Å². The standard InChI is InChI=1S/C14H23N3O2S/c1-3-19-14(18)13-16-12(10-20-13)9-17(2)8-11-5-4-6-15-7-11/h10-11,15H,3-9H2,1-2H3. The van der Waals surface area contributed by atoms with E-state index in [0.717, 1.165) is 37.8 Å². The topological polar surface area (TPSA) is 54.5 Å². The first-order valence-corrected chi connectivity index (χ1v) is 8.07. The molecule has 2 heterocycles. The first kappa shape index (κ1) is 15.4. The quantitative estimate of drug-likeness (QED) is 0.811.